The molecule has 0 radical (unpaired) electrons. The van der Waals surface area contributed by atoms with Crippen LogP contribution in [-0.2, 0) is 11.3 Å². The molecular weight excluding hydrogens is 446 g/mol. The summed E-state index contributed by atoms with van der Waals surface area (Å²) in [6.07, 6.45) is 1.29. The van der Waals surface area contributed by atoms with E-state index in [1.54, 1.807) is 0 Å². The van der Waals surface area contributed by atoms with Crippen LogP contribution in [0.2, 0.25) is 5.02 Å². The van der Waals surface area contributed by atoms with E-state index in [0.717, 1.165) is 41.3 Å². The number of halogens is 1. The molecule has 0 spiro atoms. The first-order valence-corrected chi connectivity index (χ1v) is 12.1. The van der Waals surface area contributed by atoms with Gasteiger partial charge in [0.15, 0.2) is 0 Å². The van der Waals surface area contributed by atoms with Crippen LogP contribution in [0, 0.1) is 13.8 Å². The monoisotopic (exact) mass is 473 g/mol. The summed E-state index contributed by atoms with van der Waals surface area (Å²) in [5.74, 6) is 2.00. The van der Waals surface area contributed by atoms with Crippen molar-refractivity contribution in [2.24, 2.45) is 0 Å². The van der Waals surface area contributed by atoms with Gasteiger partial charge in [0.05, 0.1) is 17.6 Å². The molecule has 4 aromatic rings. The lowest BCUT2D eigenvalue weighted by molar-refractivity contribution is -0.117. The Morgan fingerprint density at radius 1 is 1.03 bits per heavy atom. The number of carbonyl (C=O) groups is 1. The highest BCUT2D eigenvalue weighted by Crippen LogP contribution is 2.34. The minimum atomic E-state index is 0.0271. The second kappa shape index (κ2) is 9.51. The van der Waals surface area contributed by atoms with Crippen molar-refractivity contribution in [3.8, 4) is 5.75 Å². The molecule has 6 heteroatoms. The van der Waals surface area contributed by atoms with Crippen molar-refractivity contribution < 1.29 is 9.53 Å². The largest absolute Gasteiger partial charge is 0.494 e. The number of aryl methyl sites for hydroxylation is 3. The molecule has 0 N–H and O–H groups in total. The Morgan fingerprint density at radius 2 is 1.82 bits per heavy atom. The van der Waals surface area contributed by atoms with Crippen LogP contribution in [0.5, 0.6) is 5.75 Å². The quantitative estimate of drug-likeness (QED) is 0.296. The molecule has 5 nitrogen and oxygen atoms in total. The van der Waals surface area contributed by atoms with Gasteiger partial charge in [-0.25, -0.2) is 4.98 Å². The third kappa shape index (κ3) is 4.66. The van der Waals surface area contributed by atoms with E-state index >= 15 is 0 Å². The molecule has 0 unspecified atom stereocenters. The Hall–Kier alpha value is -3.31. The number of hydrogen-bond acceptors (Lipinski definition) is 3. The van der Waals surface area contributed by atoms with Crippen LogP contribution < -0.4 is 9.64 Å². The van der Waals surface area contributed by atoms with E-state index in [2.05, 4.69) is 42.7 Å². The summed E-state index contributed by atoms with van der Waals surface area (Å²) in [5.41, 5.74) is 5.30. The molecule has 3 aromatic carbocycles. The fourth-order valence-electron chi connectivity index (χ4n) is 4.84. The van der Waals surface area contributed by atoms with Crippen molar-refractivity contribution >= 4 is 34.2 Å². The molecule has 1 saturated heterocycles. The number of aromatic nitrogens is 2. The third-order valence-electron chi connectivity index (χ3n) is 6.28. The normalized spacial score (nSPS) is 15.9. The van der Waals surface area contributed by atoms with Crippen molar-refractivity contribution in [1.82, 2.24) is 9.55 Å². The van der Waals surface area contributed by atoms with Crippen LogP contribution in [0.3, 0.4) is 0 Å². The highest BCUT2D eigenvalue weighted by molar-refractivity contribution is 6.30. The topological polar surface area (TPSA) is 47.4 Å². The number of hydrogen-bond donors (Lipinski definition) is 0. The van der Waals surface area contributed by atoms with Gasteiger partial charge in [0.25, 0.3) is 0 Å². The van der Waals surface area contributed by atoms with E-state index in [4.69, 9.17) is 21.3 Å². The van der Waals surface area contributed by atoms with Crippen LogP contribution in [0.1, 0.15) is 35.7 Å². The first kappa shape index (κ1) is 22.5. The van der Waals surface area contributed by atoms with Crippen molar-refractivity contribution in [2.75, 3.05) is 18.1 Å². The fraction of sp³-hybridized carbons (Fsp3) is 0.286. The van der Waals surface area contributed by atoms with Gasteiger partial charge >= 0.3 is 0 Å². The number of amides is 1. The summed E-state index contributed by atoms with van der Waals surface area (Å²) in [4.78, 5) is 19.7. The van der Waals surface area contributed by atoms with Crippen LogP contribution in [0.15, 0.2) is 66.7 Å². The maximum Gasteiger partial charge on any atom is 0.227 e. The molecular formula is C28H28ClN3O2. The SMILES string of the molecule is Cc1cc(C)cc(OCCCn2c([C@@H]3CC(=O)N(c4cccc(Cl)c4)C3)nc3ccccc32)c1. The number of ether oxygens (including phenoxy) is 1. The van der Waals surface area contributed by atoms with Gasteiger partial charge in [-0.05, 0) is 73.9 Å². The zero-order valence-corrected chi connectivity index (χ0v) is 20.3. The number of carbonyl (C=O) groups excluding carboxylic acids is 1. The molecule has 1 fully saturated rings. The van der Waals surface area contributed by atoms with Gasteiger partial charge < -0.3 is 14.2 Å². The lowest BCUT2D eigenvalue weighted by Crippen LogP contribution is -2.24. The van der Waals surface area contributed by atoms with Crippen molar-refractivity contribution in [1.29, 1.82) is 0 Å². The molecule has 1 atom stereocenters. The third-order valence-corrected chi connectivity index (χ3v) is 6.52. The van der Waals surface area contributed by atoms with Crippen molar-refractivity contribution in [3.05, 3.63) is 88.7 Å². The fourth-order valence-corrected chi connectivity index (χ4v) is 5.03. The zero-order chi connectivity index (χ0) is 23.7. The van der Waals surface area contributed by atoms with E-state index in [0.29, 0.717) is 24.6 Å². The lowest BCUT2D eigenvalue weighted by atomic mass is 10.1. The van der Waals surface area contributed by atoms with Gasteiger partial charge in [-0.3, -0.25) is 4.79 Å². The van der Waals surface area contributed by atoms with Gasteiger partial charge in [0.2, 0.25) is 5.91 Å². The maximum atomic E-state index is 12.9. The molecule has 5 rings (SSSR count). The number of nitrogens with zero attached hydrogens (tertiary/aromatic N) is 3. The van der Waals surface area contributed by atoms with Crippen molar-refractivity contribution in [3.63, 3.8) is 0 Å². The standard InChI is InChI=1S/C28H28ClN3O2/c1-19-13-20(2)15-24(14-19)34-12-6-11-31-26-10-4-3-9-25(26)30-28(31)21-16-27(33)32(18-21)23-8-5-7-22(29)17-23/h3-5,7-10,13-15,17,21H,6,11-12,16,18H2,1-2H3/t21-/m1/s1. The van der Waals surface area contributed by atoms with E-state index in [1.165, 1.54) is 11.1 Å². The average Bonchev–Trinajstić information content (AvgIpc) is 3.36. The number of imidazole rings is 1. The Kier molecular flexibility index (Phi) is 6.29. The number of fused-ring (bicyclic) bond motifs is 1. The smallest absolute Gasteiger partial charge is 0.227 e. The highest BCUT2D eigenvalue weighted by Gasteiger charge is 2.34. The number of para-hydroxylation sites is 2. The zero-order valence-electron chi connectivity index (χ0n) is 19.5. The molecule has 0 aliphatic carbocycles. The maximum absolute atomic E-state index is 12.9. The van der Waals surface area contributed by atoms with E-state index in [-0.39, 0.29) is 11.8 Å². The van der Waals surface area contributed by atoms with E-state index < -0.39 is 0 Å². The van der Waals surface area contributed by atoms with E-state index in [1.807, 2.05) is 47.4 Å². The van der Waals surface area contributed by atoms with E-state index in [9.17, 15) is 4.79 Å². The summed E-state index contributed by atoms with van der Waals surface area (Å²) in [5, 5.41) is 0.629. The highest BCUT2D eigenvalue weighted by atomic mass is 35.5. The minimum absolute atomic E-state index is 0.0271. The molecule has 1 aromatic heterocycles. The predicted molar refractivity (Wildman–Crippen MR) is 137 cm³/mol. The minimum Gasteiger partial charge on any atom is -0.494 e. The van der Waals surface area contributed by atoms with Crippen LogP contribution in [0.25, 0.3) is 11.0 Å². The van der Waals surface area contributed by atoms with Gasteiger partial charge in [-0.15, -0.1) is 0 Å². The molecule has 2 heterocycles. The van der Waals surface area contributed by atoms with Crippen LogP contribution >= 0.6 is 11.6 Å². The summed E-state index contributed by atoms with van der Waals surface area (Å²) >= 11 is 6.17. The van der Waals surface area contributed by atoms with Gasteiger partial charge in [0, 0.05) is 36.1 Å². The number of benzene rings is 3. The second-order valence-corrected chi connectivity index (χ2v) is 9.46. The number of rotatable bonds is 7. The molecule has 0 bridgehead atoms. The van der Waals surface area contributed by atoms with Gasteiger partial charge in [-0.2, -0.15) is 0 Å². The lowest BCUT2D eigenvalue weighted by Gasteiger charge is -2.18. The summed E-state index contributed by atoms with van der Waals surface area (Å²) in [7, 11) is 0. The molecule has 1 aliphatic heterocycles. The Labute approximate surface area is 204 Å². The molecule has 1 amide bonds. The Morgan fingerprint density at radius 3 is 2.62 bits per heavy atom. The Bertz CT molecular complexity index is 1330. The van der Waals surface area contributed by atoms with Gasteiger partial charge in [-0.1, -0.05) is 35.9 Å². The molecule has 174 valence electrons. The Balaban J connectivity index is 1.34. The van der Waals surface area contributed by atoms with Crippen LogP contribution in [-0.4, -0.2) is 28.6 Å². The summed E-state index contributed by atoms with van der Waals surface area (Å²) in [6.45, 7) is 6.16. The van der Waals surface area contributed by atoms with Gasteiger partial charge in [0.1, 0.15) is 11.6 Å². The molecule has 1 aliphatic rings. The first-order chi connectivity index (χ1) is 16.5. The first-order valence-electron chi connectivity index (χ1n) is 11.7. The summed E-state index contributed by atoms with van der Waals surface area (Å²) in [6, 6.07) is 21.9. The molecule has 34 heavy (non-hydrogen) atoms. The van der Waals surface area contributed by atoms with Crippen LogP contribution in [0.4, 0.5) is 5.69 Å². The molecule has 0 saturated carbocycles. The summed E-state index contributed by atoms with van der Waals surface area (Å²) < 4.78 is 8.30. The average molecular weight is 474 g/mol. The number of anilines is 1. The van der Waals surface area contributed by atoms with Crippen molar-refractivity contribution in [2.45, 2.75) is 39.2 Å². The predicted octanol–water partition coefficient (Wildman–Crippen LogP) is 6.30. The second-order valence-electron chi connectivity index (χ2n) is 9.02.